The molecule has 1 aromatic carbocycles. The van der Waals surface area contributed by atoms with Gasteiger partial charge in [-0.15, -0.1) is 0 Å². The van der Waals surface area contributed by atoms with Gasteiger partial charge in [-0.2, -0.15) is 0 Å². The smallest absolute Gasteiger partial charge is 0.342 e. The largest absolute Gasteiger partial charge is 0.507 e. The molecule has 0 unspecified atom stereocenters. The second kappa shape index (κ2) is 4.09. The molecule has 0 aromatic heterocycles. The molecule has 16 heavy (non-hydrogen) atoms. The number of rotatable bonds is 2. The number of nitrogens with one attached hydrogen (secondary N) is 1. The van der Waals surface area contributed by atoms with Crippen LogP contribution >= 0.6 is 0 Å². The van der Waals surface area contributed by atoms with Gasteiger partial charge in [-0.1, -0.05) is 6.07 Å². The first-order valence-corrected chi connectivity index (χ1v) is 5.09. The van der Waals surface area contributed by atoms with Crippen LogP contribution in [0, 0.1) is 5.82 Å². The van der Waals surface area contributed by atoms with E-state index in [1.54, 1.807) is 0 Å². The molecular formula is C11H12FNO3. The Hall–Kier alpha value is -1.62. The Morgan fingerprint density at radius 1 is 1.50 bits per heavy atom. The highest BCUT2D eigenvalue weighted by Crippen LogP contribution is 2.33. The van der Waals surface area contributed by atoms with Crippen molar-refractivity contribution in [3.8, 4) is 5.75 Å². The fraction of sp³-hybridized carbons (Fsp3) is 0.364. The summed E-state index contributed by atoms with van der Waals surface area (Å²) in [5, 5.41) is 21.7. The van der Waals surface area contributed by atoms with Crippen LogP contribution in [-0.2, 0) is 0 Å². The van der Waals surface area contributed by atoms with Crippen molar-refractivity contribution >= 4 is 5.97 Å². The monoisotopic (exact) mass is 225 g/mol. The normalized spacial score (nSPS) is 19.9. The summed E-state index contributed by atoms with van der Waals surface area (Å²) in [7, 11) is 0. The van der Waals surface area contributed by atoms with E-state index >= 15 is 0 Å². The molecule has 1 saturated heterocycles. The third-order valence-corrected chi connectivity index (χ3v) is 2.81. The third-order valence-electron chi connectivity index (χ3n) is 2.81. The maximum atomic E-state index is 13.2. The first kappa shape index (κ1) is 10.9. The number of carbonyl (C=O) groups is 1. The second-order valence-electron chi connectivity index (χ2n) is 3.81. The lowest BCUT2D eigenvalue weighted by Gasteiger charge is -2.14. The van der Waals surface area contributed by atoms with Crippen LogP contribution in [0.3, 0.4) is 0 Å². The molecule has 2 rings (SSSR count). The Kier molecular flexibility index (Phi) is 2.78. The Balaban J connectivity index is 2.47. The topological polar surface area (TPSA) is 69.6 Å². The highest BCUT2D eigenvalue weighted by Gasteiger charge is 2.25. The van der Waals surface area contributed by atoms with Crippen molar-refractivity contribution in [3.63, 3.8) is 0 Å². The SMILES string of the molecule is O=C(O)c1c(F)ccc([C@@H]2CCCN2)c1O. The first-order chi connectivity index (χ1) is 7.61. The number of aromatic carboxylic acids is 1. The van der Waals surface area contributed by atoms with E-state index in [9.17, 15) is 14.3 Å². The molecule has 1 heterocycles. The predicted octanol–water partition coefficient (Wildman–Crippen LogP) is 1.65. The van der Waals surface area contributed by atoms with Gasteiger partial charge in [-0.05, 0) is 25.5 Å². The van der Waals surface area contributed by atoms with Gasteiger partial charge < -0.3 is 15.5 Å². The lowest BCUT2D eigenvalue weighted by molar-refractivity contribution is 0.0688. The minimum atomic E-state index is -1.45. The Morgan fingerprint density at radius 3 is 2.81 bits per heavy atom. The highest BCUT2D eigenvalue weighted by atomic mass is 19.1. The average molecular weight is 225 g/mol. The fourth-order valence-corrected chi connectivity index (χ4v) is 2.02. The van der Waals surface area contributed by atoms with Gasteiger partial charge in [0.05, 0.1) is 0 Å². The standard InChI is InChI=1S/C11H12FNO3/c12-7-4-3-6(8-2-1-5-13-8)10(14)9(7)11(15)16/h3-4,8,13-14H,1-2,5H2,(H,15,16)/t8-/m0/s1. The Labute approximate surface area is 91.7 Å². The van der Waals surface area contributed by atoms with Crippen LogP contribution in [-0.4, -0.2) is 22.7 Å². The van der Waals surface area contributed by atoms with Gasteiger partial charge in [-0.25, -0.2) is 9.18 Å². The lowest BCUT2D eigenvalue weighted by atomic mass is 10.0. The Morgan fingerprint density at radius 2 is 2.25 bits per heavy atom. The molecule has 86 valence electrons. The van der Waals surface area contributed by atoms with Crippen molar-refractivity contribution in [2.75, 3.05) is 6.54 Å². The van der Waals surface area contributed by atoms with Crippen LogP contribution in [0.5, 0.6) is 5.75 Å². The number of hydrogen-bond acceptors (Lipinski definition) is 3. The lowest BCUT2D eigenvalue weighted by Crippen LogP contribution is -2.14. The molecule has 1 aliphatic heterocycles. The summed E-state index contributed by atoms with van der Waals surface area (Å²) < 4.78 is 13.2. The average Bonchev–Trinajstić information content (AvgIpc) is 2.70. The quantitative estimate of drug-likeness (QED) is 0.715. The number of halogens is 1. The predicted molar refractivity (Wildman–Crippen MR) is 55.0 cm³/mol. The number of aromatic hydroxyl groups is 1. The summed E-state index contributed by atoms with van der Waals surface area (Å²) >= 11 is 0. The van der Waals surface area contributed by atoms with E-state index in [-0.39, 0.29) is 6.04 Å². The number of hydrogen-bond donors (Lipinski definition) is 3. The van der Waals surface area contributed by atoms with Crippen LogP contribution in [0.1, 0.15) is 34.8 Å². The summed E-state index contributed by atoms with van der Waals surface area (Å²) in [5.74, 6) is -2.83. The molecule has 1 fully saturated rings. The second-order valence-corrected chi connectivity index (χ2v) is 3.81. The molecular weight excluding hydrogens is 213 g/mol. The fourth-order valence-electron chi connectivity index (χ4n) is 2.02. The molecule has 0 bridgehead atoms. The van der Waals surface area contributed by atoms with E-state index in [1.807, 2.05) is 0 Å². The zero-order chi connectivity index (χ0) is 11.7. The van der Waals surface area contributed by atoms with Gasteiger partial charge in [0.15, 0.2) is 0 Å². The first-order valence-electron chi connectivity index (χ1n) is 5.09. The molecule has 0 aliphatic carbocycles. The minimum absolute atomic E-state index is 0.0845. The van der Waals surface area contributed by atoms with E-state index in [4.69, 9.17) is 5.11 Å². The van der Waals surface area contributed by atoms with Gasteiger partial charge >= 0.3 is 5.97 Å². The molecule has 4 nitrogen and oxygen atoms in total. The van der Waals surface area contributed by atoms with Gasteiger partial charge in [0, 0.05) is 11.6 Å². The summed E-state index contributed by atoms with van der Waals surface area (Å²) in [6.45, 7) is 0.823. The molecule has 1 aliphatic rings. The van der Waals surface area contributed by atoms with E-state index in [2.05, 4.69) is 5.32 Å². The molecule has 0 radical (unpaired) electrons. The van der Waals surface area contributed by atoms with Crippen LogP contribution in [0.15, 0.2) is 12.1 Å². The molecule has 5 heteroatoms. The van der Waals surface area contributed by atoms with Crippen molar-refractivity contribution in [2.24, 2.45) is 0 Å². The maximum Gasteiger partial charge on any atom is 0.342 e. The van der Waals surface area contributed by atoms with E-state index in [1.165, 1.54) is 6.07 Å². The number of carboxylic acid groups (broad SMARTS) is 1. The number of benzene rings is 1. The summed E-state index contributed by atoms with van der Waals surface area (Å²) in [6, 6.07) is 2.43. The van der Waals surface area contributed by atoms with E-state index < -0.39 is 23.1 Å². The molecule has 1 atom stereocenters. The third kappa shape index (κ3) is 1.74. The molecule has 0 amide bonds. The number of carboxylic acids is 1. The minimum Gasteiger partial charge on any atom is -0.507 e. The summed E-state index contributed by atoms with van der Waals surface area (Å²) in [6.07, 6.45) is 1.78. The van der Waals surface area contributed by atoms with Crippen molar-refractivity contribution in [3.05, 3.63) is 29.1 Å². The van der Waals surface area contributed by atoms with Crippen LogP contribution in [0.25, 0.3) is 0 Å². The maximum absolute atomic E-state index is 13.2. The zero-order valence-electron chi connectivity index (χ0n) is 8.53. The molecule has 0 saturated carbocycles. The van der Waals surface area contributed by atoms with Gasteiger partial charge in [0.2, 0.25) is 0 Å². The van der Waals surface area contributed by atoms with Crippen LogP contribution in [0.2, 0.25) is 0 Å². The van der Waals surface area contributed by atoms with E-state index in [0.717, 1.165) is 25.5 Å². The van der Waals surface area contributed by atoms with Gasteiger partial charge in [0.1, 0.15) is 17.1 Å². The van der Waals surface area contributed by atoms with Crippen molar-refractivity contribution in [2.45, 2.75) is 18.9 Å². The van der Waals surface area contributed by atoms with Gasteiger partial charge in [0.25, 0.3) is 0 Å². The number of phenols is 1. The summed E-state index contributed by atoms with van der Waals surface area (Å²) in [5.41, 5.74) is -0.192. The van der Waals surface area contributed by atoms with Crippen molar-refractivity contribution in [1.29, 1.82) is 0 Å². The van der Waals surface area contributed by atoms with E-state index in [0.29, 0.717) is 5.56 Å². The summed E-state index contributed by atoms with van der Waals surface area (Å²) in [4.78, 5) is 10.8. The van der Waals surface area contributed by atoms with Crippen LogP contribution < -0.4 is 5.32 Å². The van der Waals surface area contributed by atoms with Crippen molar-refractivity contribution < 1.29 is 19.4 Å². The molecule has 3 N–H and O–H groups in total. The zero-order valence-corrected chi connectivity index (χ0v) is 8.53. The molecule has 0 spiro atoms. The van der Waals surface area contributed by atoms with Crippen LogP contribution in [0.4, 0.5) is 4.39 Å². The Bertz CT molecular complexity index is 427. The van der Waals surface area contributed by atoms with Crippen molar-refractivity contribution in [1.82, 2.24) is 5.32 Å². The van der Waals surface area contributed by atoms with Gasteiger partial charge in [-0.3, -0.25) is 0 Å². The molecule has 1 aromatic rings. The highest BCUT2D eigenvalue weighted by molar-refractivity contribution is 5.91.